The molecule has 1 rings (SSSR count). The molecule has 5 nitrogen and oxygen atoms in total. The first-order valence-corrected chi connectivity index (χ1v) is 6.54. The lowest BCUT2D eigenvalue weighted by Crippen LogP contribution is -2.39. The van der Waals surface area contributed by atoms with Crippen molar-refractivity contribution in [3.8, 4) is 0 Å². The van der Waals surface area contributed by atoms with E-state index in [-0.39, 0.29) is 11.2 Å². The highest BCUT2D eigenvalue weighted by Gasteiger charge is 2.05. The molecule has 102 valence electrons. The van der Waals surface area contributed by atoms with E-state index in [1.54, 1.807) is 13.2 Å². The zero-order valence-electron chi connectivity index (χ0n) is 11.5. The van der Waals surface area contributed by atoms with Gasteiger partial charge in [-0.05, 0) is 13.0 Å². The summed E-state index contributed by atoms with van der Waals surface area (Å²) in [6, 6.07) is 0. The molecule has 0 fully saturated rings. The minimum atomic E-state index is -0.285. The minimum Gasteiger partial charge on any atom is -0.312 e. The van der Waals surface area contributed by atoms with E-state index in [0.717, 1.165) is 17.5 Å². The van der Waals surface area contributed by atoms with Crippen LogP contribution in [0.25, 0.3) is 0 Å². The van der Waals surface area contributed by atoms with Crippen molar-refractivity contribution in [3.63, 3.8) is 0 Å². The van der Waals surface area contributed by atoms with Gasteiger partial charge in [0.15, 0.2) is 0 Å². The number of hydrogen-bond acceptors (Lipinski definition) is 3. The fraction of sp³-hybridized carbons (Fsp3) is 0.692. The van der Waals surface area contributed by atoms with Crippen LogP contribution < -0.4 is 16.6 Å². The van der Waals surface area contributed by atoms with Gasteiger partial charge in [-0.15, -0.1) is 0 Å². The molecular formula is C13H23N3O2. The van der Waals surface area contributed by atoms with E-state index in [1.807, 2.05) is 0 Å². The first kappa shape index (κ1) is 14.7. The maximum Gasteiger partial charge on any atom is 0.330 e. The second kappa shape index (κ2) is 7.16. The molecule has 1 aromatic rings. The highest BCUT2D eigenvalue weighted by molar-refractivity contribution is 5.05. The normalized spacial score (nSPS) is 10.8. The van der Waals surface area contributed by atoms with Crippen LogP contribution in [0.1, 0.15) is 38.2 Å². The summed E-state index contributed by atoms with van der Waals surface area (Å²) in [6.07, 6.45) is 6.43. The number of nitrogens with zero attached hydrogens (tertiary/aromatic N) is 2. The van der Waals surface area contributed by atoms with E-state index in [2.05, 4.69) is 12.2 Å². The Morgan fingerprint density at radius 1 is 1.17 bits per heavy atom. The van der Waals surface area contributed by atoms with Gasteiger partial charge in [0.1, 0.15) is 0 Å². The third-order valence-electron chi connectivity index (χ3n) is 3.04. The summed E-state index contributed by atoms with van der Waals surface area (Å²) in [5, 5.41) is 3.25. The number of nitrogens with one attached hydrogen (secondary N) is 1. The predicted molar refractivity (Wildman–Crippen MR) is 72.8 cm³/mol. The molecule has 0 amide bonds. The van der Waals surface area contributed by atoms with E-state index in [4.69, 9.17) is 0 Å². The highest BCUT2D eigenvalue weighted by Crippen LogP contribution is 1.97. The van der Waals surface area contributed by atoms with Crippen molar-refractivity contribution in [1.82, 2.24) is 14.5 Å². The predicted octanol–water partition coefficient (Wildman–Crippen LogP) is 0.754. The highest BCUT2D eigenvalue weighted by atomic mass is 16.2. The fourth-order valence-corrected chi connectivity index (χ4v) is 1.90. The summed E-state index contributed by atoms with van der Waals surface area (Å²) in [4.78, 5) is 23.3. The van der Waals surface area contributed by atoms with Gasteiger partial charge in [0.2, 0.25) is 0 Å². The lowest BCUT2D eigenvalue weighted by molar-refractivity contribution is 0.584. The van der Waals surface area contributed by atoms with Crippen LogP contribution in [-0.4, -0.2) is 15.7 Å². The summed E-state index contributed by atoms with van der Waals surface area (Å²) >= 11 is 0. The average Bonchev–Trinajstić information content (AvgIpc) is 2.37. The largest absolute Gasteiger partial charge is 0.330 e. The van der Waals surface area contributed by atoms with Crippen LogP contribution in [0.4, 0.5) is 0 Å². The van der Waals surface area contributed by atoms with Crippen LogP contribution in [0.3, 0.4) is 0 Å². The maximum absolute atomic E-state index is 11.8. The van der Waals surface area contributed by atoms with Crippen molar-refractivity contribution in [1.29, 1.82) is 0 Å². The zero-order valence-corrected chi connectivity index (χ0v) is 11.5. The van der Waals surface area contributed by atoms with E-state index in [0.29, 0.717) is 12.1 Å². The molecule has 1 aromatic heterocycles. The molecule has 0 saturated heterocycles. The Bertz CT molecular complexity index is 488. The maximum atomic E-state index is 11.8. The Morgan fingerprint density at radius 2 is 1.89 bits per heavy atom. The Kier molecular flexibility index (Phi) is 5.85. The van der Waals surface area contributed by atoms with Gasteiger partial charge >= 0.3 is 5.69 Å². The van der Waals surface area contributed by atoms with Crippen LogP contribution in [0.15, 0.2) is 15.8 Å². The number of unbranched alkanes of at least 4 members (excludes halogenated alkanes) is 3. The molecule has 0 aromatic carbocycles. The van der Waals surface area contributed by atoms with E-state index < -0.39 is 0 Å². The topological polar surface area (TPSA) is 56.0 Å². The van der Waals surface area contributed by atoms with Crippen LogP contribution in [0.5, 0.6) is 0 Å². The lowest BCUT2D eigenvalue weighted by atomic mass is 10.2. The Labute approximate surface area is 107 Å². The summed E-state index contributed by atoms with van der Waals surface area (Å²) in [5.74, 6) is 0. The van der Waals surface area contributed by atoms with Gasteiger partial charge < -0.3 is 9.88 Å². The standard InChI is InChI=1S/C13H23N3O2/c1-4-5-6-7-8-14-9-11-10-15(2)13(18)16(3)12(11)17/h10,14H,4-9H2,1-3H3. The van der Waals surface area contributed by atoms with Crippen LogP contribution in [0.2, 0.25) is 0 Å². The second-order valence-corrected chi connectivity index (χ2v) is 4.65. The fourth-order valence-electron chi connectivity index (χ4n) is 1.90. The van der Waals surface area contributed by atoms with Gasteiger partial charge in [-0.1, -0.05) is 26.2 Å². The van der Waals surface area contributed by atoms with E-state index >= 15 is 0 Å². The molecule has 0 radical (unpaired) electrons. The Balaban J connectivity index is 2.53. The number of hydrogen-bond donors (Lipinski definition) is 1. The van der Waals surface area contributed by atoms with E-state index in [1.165, 1.54) is 30.9 Å². The first-order chi connectivity index (χ1) is 8.57. The minimum absolute atomic E-state index is 0.209. The van der Waals surface area contributed by atoms with Crippen molar-refractivity contribution < 1.29 is 0 Å². The van der Waals surface area contributed by atoms with Gasteiger partial charge in [-0.3, -0.25) is 9.36 Å². The van der Waals surface area contributed by atoms with Gasteiger partial charge in [-0.25, -0.2) is 4.79 Å². The van der Waals surface area contributed by atoms with Gasteiger partial charge in [0, 0.05) is 32.4 Å². The smallest absolute Gasteiger partial charge is 0.312 e. The summed E-state index contributed by atoms with van der Waals surface area (Å²) in [6.45, 7) is 3.61. The molecule has 1 N–H and O–H groups in total. The number of rotatable bonds is 7. The summed E-state index contributed by atoms with van der Waals surface area (Å²) in [7, 11) is 3.17. The molecule has 0 aliphatic heterocycles. The van der Waals surface area contributed by atoms with Crippen molar-refractivity contribution in [3.05, 3.63) is 32.6 Å². The average molecular weight is 253 g/mol. The molecule has 0 unspecified atom stereocenters. The third kappa shape index (κ3) is 3.84. The van der Waals surface area contributed by atoms with Crippen molar-refractivity contribution >= 4 is 0 Å². The van der Waals surface area contributed by atoms with Crippen LogP contribution >= 0.6 is 0 Å². The van der Waals surface area contributed by atoms with Gasteiger partial charge in [0.25, 0.3) is 5.56 Å². The zero-order chi connectivity index (χ0) is 13.5. The number of aromatic nitrogens is 2. The Morgan fingerprint density at radius 3 is 2.56 bits per heavy atom. The van der Waals surface area contributed by atoms with Crippen molar-refractivity contribution in [2.45, 2.75) is 39.2 Å². The summed E-state index contributed by atoms with van der Waals surface area (Å²) < 4.78 is 2.59. The molecular weight excluding hydrogens is 230 g/mol. The van der Waals surface area contributed by atoms with Crippen LogP contribution in [-0.2, 0) is 20.6 Å². The number of aryl methyl sites for hydroxylation is 1. The molecule has 1 heterocycles. The Hall–Kier alpha value is -1.36. The van der Waals surface area contributed by atoms with Crippen molar-refractivity contribution in [2.24, 2.45) is 14.1 Å². The SMILES string of the molecule is CCCCCCNCc1cn(C)c(=O)n(C)c1=O. The van der Waals surface area contributed by atoms with Gasteiger partial charge in [-0.2, -0.15) is 0 Å². The van der Waals surface area contributed by atoms with Gasteiger partial charge in [0.05, 0.1) is 0 Å². The molecule has 5 heteroatoms. The molecule has 0 aliphatic rings. The van der Waals surface area contributed by atoms with Crippen molar-refractivity contribution in [2.75, 3.05) is 6.54 Å². The summed E-state index contributed by atoms with van der Waals surface area (Å²) in [5.41, 5.74) is 0.140. The van der Waals surface area contributed by atoms with E-state index in [9.17, 15) is 9.59 Å². The molecule has 0 atom stereocenters. The molecule has 18 heavy (non-hydrogen) atoms. The quantitative estimate of drug-likeness (QED) is 0.730. The second-order valence-electron chi connectivity index (χ2n) is 4.65. The lowest BCUT2D eigenvalue weighted by Gasteiger charge is -2.07. The molecule has 0 bridgehead atoms. The monoisotopic (exact) mass is 253 g/mol. The molecule has 0 saturated carbocycles. The molecule has 0 aliphatic carbocycles. The van der Waals surface area contributed by atoms with Crippen LogP contribution in [0, 0.1) is 0 Å². The first-order valence-electron chi connectivity index (χ1n) is 6.54. The molecule has 0 spiro atoms. The third-order valence-corrected chi connectivity index (χ3v) is 3.04.